The molecule has 0 radical (unpaired) electrons. The molecule has 0 unspecified atom stereocenters. The highest BCUT2D eigenvalue weighted by Crippen LogP contribution is 2.39. The smallest absolute Gasteiger partial charge is 0.315 e. The fraction of sp³-hybridized carbons (Fsp3) is 0.375. The summed E-state index contributed by atoms with van der Waals surface area (Å²) < 4.78 is 7.03. The molecule has 1 fully saturated rings. The zero-order valence-corrected chi connectivity index (χ0v) is 18.4. The van der Waals surface area contributed by atoms with Gasteiger partial charge >= 0.3 is 5.97 Å². The number of nitrogens with zero attached hydrogens (tertiary/aromatic N) is 5. The number of carbonyl (C=O) groups is 1. The summed E-state index contributed by atoms with van der Waals surface area (Å²) >= 11 is 0. The van der Waals surface area contributed by atoms with Crippen LogP contribution in [0.2, 0.25) is 0 Å². The van der Waals surface area contributed by atoms with Gasteiger partial charge < -0.3 is 4.74 Å². The van der Waals surface area contributed by atoms with Gasteiger partial charge in [-0.1, -0.05) is 12.1 Å². The number of benzene rings is 1. The molecule has 7 heteroatoms. The summed E-state index contributed by atoms with van der Waals surface area (Å²) in [6.07, 6.45) is 2.36. The Balaban J connectivity index is 1.78. The summed E-state index contributed by atoms with van der Waals surface area (Å²) in [4.78, 5) is 22.0. The van der Waals surface area contributed by atoms with E-state index >= 15 is 0 Å². The lowest BCUT2D eigenvalue weighted by Gasteiger charge is -2.23. The molecule has 0 atom stereocenters. The number of esters is 1. The first-order valence-electron chi connectivity index (χ1n) is 10.5. The lowest BCUT2D eigenvalue weighted by molar-refractivity contribution is -0.146. The highest BCUT2D eigenvalue weighted by atomic mass is 16.5. The van der Waals surface area contributed by atoms with Gasteiger partial charge in [0.2, 0.25) is 0 Å². The van der Waals surface area contributed by atoms with Gasteiger partial charge in [-0.25, -0.2) is 9.97 Å². The van der Waals surface area contributed by atoms with E-state index in [2.05, 4.69) is 16.3 Å². The van der Waals surface area contributed by atoms with Crippen molar-refractivity contribution in [3.8, 4) is 11.4 Å². The van der Waals surface area contributed by atoms with Crippen molar-refractivity contribution in [2.45, 2.75) is 51.9 Å². The third-order valence-corrected chi connectivity index (χ3v) is 6.25. The number of rotatable bonds is 4. The second kappa shape index (κ2) is 6.83. The molecule has 0 spiro atoms. The van der Waals surface area contributed by atoms with E-state index in [4.69, 9.17) is 14.7 Å². The molecular formula is C24H25N5O2. The quantitative estimate of drug-likeness (QED) is 0.463. The van der Waals surface area contributed by atoms with Crippen LogP contribution in [0.3, 0.4) is 0 Å². The molecule has 0 bridgehead atoms. The largest absolute Gasteiger partial charge is 0.468 e. The number of fused-ring (bicyclic) bond motifs is 3. The average molecular weight is 415 g/mol. The molecule has 31 heavy (non-hydrogen) atoms. The molecule has 0 N–H and O–H groups in total. The van der Waals surface area contributed by atoms with Crippen LogP contribution in [-0.2, 0) is 14.9 Å². The van der Waals surface area contributed by atoms with Gasteiger partial charge in [0.1, 0.15) is 5.52 Å². The van der Waals surface area contributed by atoms with E-state index in [9.17, 15) is 4.79 Å². The third-order valence-electron chi connectivity index (χ3n) is 6.25. The molecule has 5 rings (SSSR count). The first kappa shape index (κ1) is 19.6. The zero-order valence-electron chi connectivity index (χ0n) is 18.4. The van der Waals surface area contributed by atoms with Crippen molar-refractivity contribution in [3.63, 3.8) is 0 Å². The van der Waals surface area contributed by atoms with Crippen molar-refractivity contribution in [1.82, 2.24) is 24.6 Å². The minimum atomic E-state index is -0.783. The summed E-state index contributed by atoms with van der Waals surface area (Å²) in [5.74, 6) is 0.951. The number of carbonyl (C=O) groups excluding carboxylic acids is 1. The SMILES string of the molecule is COC(=O)C(C)(C)c1ccc(C)c(-c2nnc3c(C)nc4ccc(C5CC5)nc4n23)c1. The standard InChI is InChI=1S/C24H25N5O2/c1-13-6-9-16(24(3,4)23(30)31-5)12-17(13)21-28-27-20-14(2)25-19-11-10-18(15-7-8-15)26-22(19)29(20)21/h6,9-12,15H,7-8H2,1-5H3. The van der Waals surface area contributed by atoms with E-state index in [1.807, 2.05) is 56.4 Å². The predicted molar refractivity (Wildman–Crippen MR) is 118 cm³/mol. The lowest BCUT2D eigenvalue weighted by atomic mass is 9.83. The van der Waals surface area contributed by atoms with E-state index in [1.165, 1.54) is 20.0 Å². The molecule has 4 aromatic rings. The van der Waals surface area contributed by atoms with Crippen LogP contribution in [-0.4, -0.2) is 37.6 Å². The van der Waals surface area contributed by atoms with Crippen LogP contribution >= 0.6 is 0 Å². The van der Waals surface area contributed by atoms with Crippen LogP contribution < -0.4 is 0 Å². The molecule has 1 saturated carbocycles. The van der Waals surface area contributed by atoms with Crippen molar-refractivity contribution >= 4 is 22.8 Å². The Morgan fingerprint density at radius 2 is 1.84 bits per heavy atom. The number of hydrogen-bond donors (Lipinski definition) is 0. The molecule has 0 amide bonds. The zero-order chi connectivity index (χ0) is 21.9. The van der Waals surface area contributed by atoms with Crippen LogP contribution in [0.25, 0.3) is 28.2 Å². The van der Waals surface area contributed by atoms with Crippen LogP contribution in [0.1, 0.15) is 55.1 Å². The van der Waals surface area contributed by atoms with Gasteiger partial charge in [0.05, 0.1) is 18.2 Å². The van der Waals surface area contributed by atoms with Gasteiger partial charge in [0.25, 0.3) is 0 Å². The molecule has 1 aliphatic rings. The van der Waals surface area contributed by atoms with Gasteiger partial charge in [0.15, 0.2) is 17.1 Å². The molecule has 7 nitrogen and oxygen atoms in total. The maximum Gasteiger partial charge on any atom is 0.315 e. The second-order valence-corrected chi connectivity index (χ2v) is 8.88. The molecule has 1 aliphatic carbocycles. The summed E-state index contributed by atoms with van der Waals surface area (Å²) in [6, 6.07) is 10.1. The Morgan fingerprint density at radius 3 is 2.55 bits per heavy atom. The minimum absolute atomic E-state index is 0.283. The second-order valence-electron chi connectivity index (χ2n) is 8.88. The molecule has 3 aromatic heterocycles. The molecule has 3 heterocycles. The minimum Gasteiger partial charge on any atom is -0.468 e. The highest BCUT2D eigenvalue weighted by Gasteiger charge is 2.32. The van der Waals surface area contributed by atoms with Crippen molar-refractivity contribution in [2.24, 2.45) is 0 Å². The van der Waals surface area contributed by atoms with Crippen LogP contribution in [0.5, 0.6) is 0 Å². The van der Waals surface area contributed by atoms with Crippen LogP contribution in [0.15, 0.2) is 30.3 Å². The third kappa shape index (κ3) is 3.07. The Bertz CT molecular complexity index is 1350. The Kier molecular flexibility index (Phi) is 4.32. The monoisotopic (exact) mass is 415 g/mol. The predicted octanol–water partition coefficient (Wildman–Crippen LogP) is 4.28. The average Bonchev–Trinajstić information content (AvgIpc) is 3.51. The highest BCUT2D eigenvalue weighted by molar-refractivity contribution is 5.83. The van der Waals surface area contributed by atoms with Crippen molar-refractivity contribution in [1.29, 1.82) is 0 Å². The van der Waals surface area contributed by atoms with Gasteiger partial charge in [0, 0.05) is 17.2 Å². The molecule has 1 aromatic carbocycles. The van der Waals surface area contributed by atoms with Gasteiger partial charge in [-0.2, -0.15) is 0 Å². The van der Waals surface area contributed by atoms with E-state index in [1.54, 1.807) is 0 Å². The van der Waals surface area contributed by atoms with Crippen LogP contribution in [0.4, 0.5) is 0 Å². The Morgan fingerprint density at radius 1 is 1.06 bits per heavy atom. The van der Waals surface area contributed by atoms with E-state index in [0.29, 0.717) is 17.4 Å². The number of pyridine rings is 1. The molecule has 0 aliphatic heterocycles. The molecular weight excluding hydrogens is 390 g/mol. The van der Waals surface area contributed by atoms with Gasteiger partial charge in [-0.05, 0) is 69.9 Å². The van der Waals surface area contributed by atoms with Crippen molar-refractivity contribution < 1.29 is 9.53 Å². The first-order chi connectivity index (χ1) is 14.8. The fourth-order valence-electron chi connectivity index (χ4n) is 4.06. The van der Waals surface area contributed by atoms with E-state index < -0.39 is 5.41 Å². The first-order valence-corrected chi connectivity index (χ1v) is 10.5. The Hall–Kier alpha value is -3.35. The van der Waals surface area contributed by atoms with Crippen LogP contribution in [0, 0.1) is 13.8 Å². The maximum absolute atomic E-state index is 12.4. The van der Waals surface area contributed by atoms with Gasteiger partial charge in [-0.3, -0.25) is 9.20 Å². The Labute approximate surface area is 180 Å². The molecule has 158 valence electrons. The van der Waals surface area contributed by atoms with Crippen molar-refractivity contribution in [2.75, 3.05) is 7.11 Å². The number of aromatic nitrogens is 5. The summed E-state index contributed by atoms with van der Waals surface area (Å²) in [7, 11) is 1.41. The van der Waals surface area contributed by atoms with Gasteiger partial charge in [-0.15, -0.1) is 10.2 Å². The normalized spacial score (nSPS) is 14.4. The summed E-state index contributed by atoms with van der Waals surface area (Å²) in [5.41, 5.74) is 6.20. The number of aryl methyl sites for hydroxylation is 2. The summed E-state index contributed by atoms with van der Waals surface area (Å²) in [6.45, 7) is 7.70. The van der Waals surface area contributed by atoms with Crippen molar-refractivity contribution in [3.05, 3.63) is 52.8 Å². The van der Waals surface area contributed by atoms with E-state index in [-0.39, 0.29) is 5.97 Å². The molecule has 0 saturated heterocycles. The topological polar surface area (TPSA) is 82.3 Å². The summed E-state index contributed by atoms with van der Waals surface area (Å²) in [5, 5.41) is 8.97. The lowest BCUT2D eigenvalue weighted by Crippen LogP contribution is -2.30. The fourth-order valence-corrected chi connectivity index (χ4v) is 4.06. The maximum atomic E-state index is 12.4. The number of hydrogen-bond acceptors (Lipinski definition) is 6. The number of ether oxygens (including phenoxy) is 1. The number of methoxy groups -OCH3 is 1. The van der Waals surface area contributed by atoms with E-state index in [0.717, 1.165) is 39.2 Å².